The summed E-state index contributed by atoms with van der Waals surface area (Å²) in [6, 6.07) is 0. The van der Waals surface area contributed by atoms with Gasteiger partial charge >= 0.3 is 0 Å². The van der Waals surface area contributed by atoms with Crippen molar-refractivity contribution in [1.82, 2.24) is 0 Å². The van der Waals surface area contributed by atoms with Crippen molar-refractivity contribution in [3.05, 3.63) is 0 Å². The van der Waals surface area contributed by atoms with Crippen LogP contribution in [0.1, 0.15) is 13.8 Å². The van der Waals surface area contributed by atoms with Crippen LogP contribution in [-0.4, -0.2) is 23.7 Å². The molecule has 0 bridgehead atoms. The summed E-state index contributed by atoms with van der Waals surface area (Å²) in [5, 5.41) is 4.05. The van der Waals surface area contributed by atoms with Crippen LogP contribution in [0.25, 0.3) is 0 Å². The second-order valence-corrected chi connectivity index (χ2v) is 1.98. The Bertz CT molecular complexity index is 157. The van der Waals surface area contributed by atoms with E-state index in [4.69, 9.17) is 0 Å². The molecule has 0 saturated carbocycles. The molecule has 1 rings (SSSR count). The van der Waals surface area contributed by atoms with E-state index in [9.17, 15) is 0 Å². The number of azo groups is 2. The van der Waals surface area contributed by atoms with Crippen molar-refractivity contribution < 1.29 is 4.70 Å². The topological polar surface area (TPSA) is 27.7 Å². The van der Waals surface area contributed by atoms with Crippen LogP contribution >= 0.6 is 0 Å². The first-order valence-corrected chi connectivity index (χ1v) is 2.69. The Labute approximate surface area is 48.7 Å². The molecule has 0 aromatic rings. The number of amidine groups is 1. The molecule has 0 aliphatic carbocycles. The van der Waals surface area contributed by atoms with E-state index in [1.165, 1.54) is 0 Å². The van der Waals surface area contributed by atoms with Gasteiger partial charge in [-0.2, -0.15) is 4.99 Å². The van der Waals surface area contributed by atoms with E-state index in [0.29, 0.717) is 0 Å². The zero-order valence-electron chi connectivity index (χ0n) is 5.42. The quantitative estimate of drug-likeness (QED) is 0.416. The Morgan fingerprint density at radius 3 is 2.38 bits per heavy atom. The first-order valence-electron chi connectivity index (χ1n) is 2.69. The maximum atomic E-state index is 4.15. The van der Waals surface area contributed by atoms with Gasteiger partial charge in [-0.1, -0.05) is 0 Å². The number of aliphatic imine (C=N–C) groups is 1. The van der Waals surface area contributed by atoms with Crippen LogP contribution in [0, 0.1) is 0 Å². The van der Waals surface area contributed by atoms with Crippen molar-refractivity contribution in [1.29, 1.82) is 0 Å². The van der Waals surface area contributed by atoms with Crippen LogP contribution in [-0.2, 0) is 0 Å². The minimum absolute atomic E-state index is 0.245. The van der Waals surface area contributed by atoms with Gasteiger partial charge < -0.3 is 0 Å². The third-order valence-electron chi connectivity index (χ3n) is 1.22. The fourth-order valence-electron chi connectivity index (χ4n) is 0.692. The van der Waals surface area contributed by atoms with Crippen LogP contribution < -0.4 is 0 Å². The van der Waals surface area contributed by atoms with E-state index >= 15 is 0 Å². The molecule has 8 heavy (non-hydrogen) atoms. The van der Waals surface area contributed by atoms with E-state index in [-0.39, 0.29) is 6.17 Å². The molecule has 0 radical (unpaired) electrons. The third-order valence-corrected chi connectivity index (χ3v) is 1.22. The lowest BCUT2D eigenvalue weighted by Gasteiger charge is -1.86. The highest BCUT2D eigenvalue weighted by Gasteiger charge is 2.17. The van der Waals surface area contributed by atoms with Gasteiger partial charge in [0.05, 0.1) is 0 Å². The molecule has 0 N–H and O–H groups in total. The molecule has 1 atom stereocenters. The summed E-state index contributed by atoms with van der Waals surface area (Å²) >= 11 is 0. The molecular weight excluding hydrogens is 102 g/mol. The fourth-order valence-corrected chi connectivity index (χ4v) is 0.692. The number of nitrogens with zero attached hydrogens (tertiary/aromatic N) is 3. The van der Waals surface area contributed by atoms with Gasteiger partial charge in [0.15, 0.2) is 12.9 Å². The van der Waals surface area contributed by atoms with Gasteiger partial charge in [0.2, 0.25) is 0 Å². The lowest BCUT2D eigenvalue weighted by molar-refractivity contribution is -0.585. The average Bonchev–Trinajstić information content (AvgIpc) is 1.85. The molecule has 3 nitrogen and oxygen atoms in total. The van der Waals surface area contributed by atoms with Crippen LogP contribution in [0.2, 0.25) is 0 Å². The molecule has 3 heteroatoms. The van der Waals surface area contributed by atoms with Gasteiger partial charge in [0, 0.05) is 19.0 Å². The van der Waals surface area contributed by atoms with Crippen molar-refractivity contribution in [3.8, 4) is 0 Å². The smallest absolute Gasteiger partial charge is 0.195 e. The summed E-state index contributed by atoms with van der Waals surface area (Å²) in [5.41, 5.74) is 0. The molecule has 1 unspecified atom stereocenters. The van der Waals surface area contributed by atoms with Crippen molar-refractivity contribution in [2.75, 3.05) is 7.05 Å². The molecular formula is C5H10N3+. The van der Waals surface area contributed by atoms with Crippen molar-refractivity contribution in [3.63, 3.8) is 0 Å². The zero-order chi connectivity index (χ0) is 6.15. The van der Waals surface area contributed by atoms with Gasteiger partial charge in [-0.15, -0.1) is 4.70 Å². The monoisotopic (exact) mass is 112 g/mol. The molecule has 0 spiro atoms. The summed E-state index contributed by atoms with van der Waals surface area (Å²) in [6.07, 6.45) is 0.245. The van der Waals surface area contributed by atoms with E-state index in [1.54, 1.807) is 0 Å². The summed E-state index contributed by atoms with van der Waals surface area (Å²) in [4.78, 5) is 4.15. The average molecular weight is 112 g/mol. The first-order chi connectivity index (χ1) is 3.70. The van der Waals surface area contributed by atoms with Crippen LogP contribution in [0.15, 0.2) is 10.1 Å². The Hall–Kier alpha value is -0.730. The zero-order valence-corrected chi connectivity index (χ0v) is 5.42. The maximum Gasteiger partial charge on any atom is 0.269 e. The van der Waals surface area contributed by atoms with Gasteiger partial charge in [0.1, 0.15) is 0 Å². The van der Waals surface area contributed by atoms with E-state index in [2.05, 4.69) is 10.1 Å². The summed E-state index contributed by atoms with van der Waals surface area (Å²) in [6.45, 7) is 3.92. The summed E-state index contributed by atoms with van der Waals surface area (Å²) < 4.78 is 1.84. The van der Waals surface area contributed by atoms with E-state index < -0.39 is 0 Å². The minimum Gasteiger partial charge on any atom is -0.195 e. The van der Waals surface area contributed by atoms with E-state index in [0.717, 1.165) is 5.84 Å². The number of rotatable bonds is 0. The Balaban J connectivity index is 2.78. The lowest BCUT2D eigenvalue weighted by Crippen LogP contribution is -2.09. The highest BCUT2D eigenvalue weighted by atomic mass is 15.4. The SMILES string of the molecule is CC1=NC(C)[N+](C)=N1. The van der Waals surface area contributed by atoms with Gasteiger partial charge in [0.25, 0.3) is 6.17 Å². The van der Waals surface area contributed by atoms with Crippen LogP contribution in [0.5, 0.6) is 0 Å². The first kappa shape index (κ1) is 5.41. The lowest BCUT2D eigenvalue weighted by atomic mass is 10.6. The van der Waals surface area contributed by atoms with Crippen molar-refractivity contribution in [2.24, 2.45) is 10.1 Å². The summed E-state index contributed by atoms with van der Waals surface area (Å²) in [5.74, 6) is 0.875. The number of hydrogen-bond acceptors (Lipinski definition) is 2. The molecule has 0 saturated heterocycles. The molecule has 0 aromatic carbocycles. The van der Waals surface area contributed by atoms with Gasteiger partial charge in [-0.25, -0.2) is 0 Å². The highest BCUT2D eigenvalue weighted by Crippen LogP contribution is 2.00. The van der Waals surface area contributed by atoms with E-state index in [1.807, 2.05) is 25.6 Å². The molecule has 0 amide bonds. The highest BCUT2D eigenvalue weighted by molar-refractivity contribution is 5.79. The second kappa shape index (κ2) is 1.65. The van der Waals surface area contributed by atoms with Crippen molar-refractivity contribution in [2.45, 2.75) is 20.0 Å². The van der Waals surface area contributed by atoms with Gasteiger partial charge in [-0.05, 0) is 0 Å². The summed E-state index contributed by atoms with van der Waals surface area (Å²) in [7, 11) is 1.92. The second-order valence-electron chi connectivity index (χ2n) is 1.98. The molecule has 1 heterocycles. The largest absolute Gasteiger partial charge is 0.269 e. The van der Waals surface area contributed by atoms with Crippen LogP contribution in [0.4, 0.5) is 0 Å². The molecule has 44 valence electrons. The molecule has 0 aromatic heterocycles. The molecule has 0 fully saturated rings. The van der Waals surface area contributed by atoms with Crippen molar-refractivity contribution >= 4 is 5.84 Å². The standard InChI is InChI=1S/C5H10N3/c1-4-6-5(2)8(3)7-4/h5H,1-3H3/q+1. The predicted molar refractivity (Wildman–Crippen MR) is 31.2 cm³/mol. The Morgan fingerprint density at radius 2 is 2.25 bits per heavy atom. The Morgan fingerprint density at radius 1 is 1.62 bits per heavy atom. The fraction of sp³-hybridized carbons (Fsp3) is 0.800. The molecule has 1 aliphatic rings. The third kappa shape index (κ3) is 0.757. The minimum atomic E-state index is 0.245. The van der Waals surface area contributed by atoms with Crippen LogP contribution in [0.3, 0.4) is 0 Å². The normalized spacial score (nSPS) is 27.6. The Kier molecular flexibility index (Phi) is 1.12. The number of hydrogen-bond donors (Lipinski definition) is 0. The molecule has 1 aliphatic heterocycles. The maximum absolute atomic E-state index is 4.15. The predicted octanol–water partition coefficient (Wildman–Crippen LogP) is 0.859. The van der Waals surface area contributed by atoms with Gasteiger partial charge in [-0.3, -0.25) is 0 Å².